The number of thiophene rings is 1. The first kappa shape index (κ1) is 21.7. The lowest BCUT2D eigenvalue weighted by Gasteiger charge is -2.08. The summed E-state index contributed by atoms with van der Waals surface area (Å²) in [5.74, 6) is -0.851. The molecule has 0 radical (unpaired) electrons. The number of carbonyl (C=O) groups is 2. The second kappa shape index (κ2) is 8.94. The average Bonchev–Trinajstić information content (AvgIpc) is 3.13. The van der Waals surface area contributed by atoms with Gasteiger partial charge >= 0.3 is 5.97 Å². The average molecular weight is 468 g/mol. The molecule has 0 aliphatic heterocycles. The molecule has 0 bridgehead atoms. The van der Waals surface area contributed by atoms with Gasteiger partial charge in [-0.2, -0.15) is 0 Å². The van der Waals surface area contributed by atoms with Crippen molar-refractivity contribution in [1.29, 1.82) is 0 Å². The number of hydrogen-bond donors (Lipinski definition) is 1. The topological polar surface area (TPSA) is 90.3 Å². The van der Waals surface area contributed by atoms with E-state index in [9.17, 15) is 14.4 Å². The molecule has 2 aromatic heterocycles. The number of hydrogen-bond acceptors (Lipinski definition) is 6. The van der Waals surface area contributed by atoms with E-state index in [0.29, 0.717) is 26.5 Å². The minimum Gasteiger partial charge on any atom is -0.465 e. The van der Waals surface area contributed by atoms with Crippen LogP contribution in [0.4, 0.5) is 5.69 Å². The highest BCUT2D eigenvalue weighted by atomic mass is 35.5. The number of aromatic nitrogens is 2. The molecule has 0 saturated heterocycles. The first-order valence-corrected chi connectivity index (χ1v) is 10.8. The second-order valence-electron chi connectivity index (χ2n) is 7.02. The Balaban J connectivity index is 1.61. The van der Waals surface area contributed by atoms with Gasteiger partial charge in [0.2, 0.25) is 5.91 Å². The molecule has 0 atom stereocenters. The lowest BCUT2D eigenvalue weighted by molar-refractivity contribution is -0.116. The van der Waals surface area contributed by atoms with E-state index in [4.69, 9.17) is 11.6 Å². The molecular weight excluding hydrogens is 450 g/mol. The van der Waals surface area contributed by atoms with E-state index in [1.807, 2.05) is 19.1 Å². The van der Waals surface area contributed by atoms with Gasteiger partial charge in [-0.1, -0.05) is 23.7 Å². The molecule has 162 valence electrons. The Labute approximate surface area is 192 Å². The number of fused-ring (bicyclic) bond motifs is 1. The summed E-state index contributed by atoms with van der Waals surface area (Å²) in [6.07, 6.45) is 1.38. The van der Waals surface area contributed by atoms with Crippen molar-refractivity contribution in [1.82, 2.24) is 9.55 Å². The smallest absolute Gasteiger partial charge is 0.337 e. The SMILES string of the molecule is COC(=O)c1ccc(NC(=O)Cn2cnc3sc(C)c(-c4ccc(Cl)cc4)c3c2=O)cc1. The Morgan fingerprint density at radius 1 is 1.12 bits per heavy atom. The quantitative estimate of drug-likeness (QED) is 0.436. The van der Waals surface area contributed by atoms with Crippen LogP contribution in [0.2, 0.25) is 5.02 Å². The highest BCUT2D eigenvalue weighted by molar-refractivity contribution is 7.19. The summed E-state index contributed by atoms with van der Waals surface area (Å²) in [4.78, 5) is 43.2. The Kier molecular flexibility index (Phi) is 6.07. The molecule has 1 amide bonds. The molecule has 2 heterocycles. The third-order valence-electron chi connectivity index (χ3n) is 4.89. The van der Waals surface area contributed by atoms with Crippen LogP contribution in [0.3, 0.4) is 0 Å². The molecule has 0 aliphatic rings. The molecule has 0 saturated carbocycles. The van der Waals surface area contributed by atoms with E-state index >= 15 is 0 Å². The van der Waals surface area contributed by atoms with Gasteiger partial charge in [-0.05, 0) is 48.9 Å². The van der Waals surface area contributed by atoms with E-state index in [2.05, 4.69) is 15.0 Å². The number of anilines is 1. The Hall–Kier alpha value is -3.49. The second-order valence-corrected chi connectivity index (χ2v) is 8.65. The van der Waals surface area contributed by atoms with E-state index in [-0.39, 0.29) is 18.0 Å². The first-order valence-electron chi connectivity index (χ1n) is 9.60. The number of carbonyl (C=O) groups excluding carboxylic acids is 2. The Morgan fingerprint density at radius 3 is 2.47 bits per heavy atom. The van der Waals surface area contributed by atoms with Crippen molar-refractivity contribution in [3.8, 4) is 11.1 Å². The zero-order valence-electron chi connectivity index (χ0n) is 17.2. The van der Waals surface area contributed by atoms with E-state index in [0.717, 1.165) is 16.0 Å². The van der Waals surface area contributed by atoms with Gasteiger partial charge in [-0.25, -0.2) is 9.78 Å². The number of rotatable bonds is 5. The van der Waals surface area contributed by atoms with Gasteiger partial charge in [0.1, 0.15) is 11.4 Å². The van der Waals surface area contributed by atoms with Crippen LogP contribution in [0.15, 0.2) is 59.7 Å². The van der Waals surface area contributed by atoms with E-state index < -0.39 is 5.97 Å². The van der Waals surface area contributed by atoms with E-state index in [1.165, 1.54) is 29.3 Å². The number of halogens is 1. The summed E-state index contributed by atoms with van der Waals surface area (Å²) in [6.45, 7) is 1.74. The van der Waals surface area contributed by atoms with Crippen LogP contribution in [0.5, 0.6) is 0 Å². The standard InChI is InChI=1S/C23H18ClN3O4S/c1-13-19(14-3-7-16(24)8-4-14)20-21(32-13)25-12-27(22(20)29)11-18(28)26-17-9-5-15(6-10-17)23(30)31-2/h3-10,12H,11H2,1-2H3,(H,26,28). The molecule has 4 rings (SSSR count). The lowest BCUT2D eigenvalue weighted by atomic mass is 10.0. The van der Waals surface area contributed by atoms with Gasteiger partial charge in [-0.3, -0.25) is 14.2 Å². The predicted molar refractivity (Wildman–Crippen MR) is 125 cm³/mol. The molecule has 1 N–H and O–H groups in total. The summed E-state index contributed by atoms with van der Waals surface area (Å²) in [6, 6.07) is 13.5. The summed E-state index contributed by atoms with van der Waals surface area (Å²) in [5.41, 5.74) is 2.25. The van der Waals surface area contributed by atoms with Crippen molar-refractivity contribution < 1.29 is 14.3 Å². The maximum absolute atomic E-state index is 13.2. The van der Waals surface area contributed by atoms with Gasteiger partial charge in [0, 0.05) is 21.2 Å². The zero-order chi connectivity index (χ0) is 22.8. The van der Waals surface area contributed by atoms with Crippen LogP contribution in [0.25, 0.3) is 21.3 Å². The third-order valence-corrected chi connectivity index (χ3v) is 6.16. The monoisotopic (exact) mass is 467 g/mol. The molecule has 0 spiro atoms. The number of amides is 1. The maximum atomic E-state index is 13.2. The third kappa shape index (κ3) is 4.28. The fourth-order valence-corrected chi connectivity index (χ4v) is 4.51. The molecule has 32 heavy (non-hydrogen) atoms. The highest BCUT2D eigenvalue weighted by Gasteiger charge is 2.18. The summed E-state index contributed by atoms with van der Waals surface area (Å²) < 4.78 is 5.94. The van der Waals surface area contributed by atoms with Gasteiger partial charge in [0.25, 0.3) is 5.56 Å². The number of nitrogens with zero attached hydrogens (tertiary/aromatic N) is 2. The van der Waals surface area contributed by atoms with Gasteiger partial charge in [-0.15, -0.1) is 11.3 Å². The van der Waals surface area contributed by atoms with Gasteiger partial charge in [0.15, 0.2) is 0 Å². The first-order chi connectivity index (χ1) is 15.4. The van der Waals surface area contributed by atoms with Crippen molar-refractivity contribution in [2.24, 2.45) is 0 Å². The molecular formula is C23H18ClN3O4S. The van der Waals surface area contributed by atoms with Crippen molar-refractivity contribution in [3.05, 3.63) is 80.7 Å². The fraction of sp³-hybridized carbons (Fsp3) is 0.130. The van der Waals surface area contributed by atoms with Crippen LogP contribution in [0, 0.1) is 6.92 Å². The maximum Gasteiger partial charge on any atom is 0.337 e. The van der Waals surface area contributed by atoms with Crippen molar-refractivity contribution in [3.63, 3.8) is 0 Å². The molecule has 0 fully saturated rings. The number of esters is 1. The van der Waals surface area contributed by atoms with E-state index in [1.54, 1.807) is 36.4 Å². The van der Waals surface area contributed by atoms with Crippen molar-refractivity contribution in [2.45, 2.75) is 13.5 Å². The number of aryl methyl sites for hydroxylation is 1. The molecule has 2 aromatic carbocycles. The summed E-state index contributed by atoms with van der Waals surface area (Å²) in [7, 11) is 1.30. The van der Waals surface area contributed by atoms with Crippen molar-refractivity contribution >= 4 is 50.7 Å². The van der Waals surface area contributed by atoms with Gasteiger partial charge in [0.05, 0.1) is 24.4 Å². The minimum absolute atomic E-state index is 0.199. The molecule has 0 aliphatic carbocycles. The summed E-state index contributed by atoms with van der Waals surface area (Å²) in [5, 5.41) is 3.81. The Morgan fingerprint density at radius 2 is 1.81 bits per heavy atom. The normalized spacial score (nSPS) is 10.8. The molecule has 0 unspecified atom stereocenters. The summed E-state index contributed by atoms with van der Waals surface area (Å²) >= 11 is 7.43. The van der Waals surface area contributed by atoms with Crippen molar-refractivity contribution in [2.75, 3.05) is 12.4 Å². The van der Waals surface area contributed by atoms with Crippen LogP contribution in [-0.4, -0.2) is 28.5 Å². The number of ether oxygens (including phenoxy) is 1. The number of methoxy groups -OCH3 is 1. The fourth-order valence-electron chi connectivity index (χ4n) is 3.38. The van der Waals surface area contributed by atoms with Gasteiger partial charge < -0.3 is 10.1 Å². The molecule has 7 nitrogen and oxygen atoms in total. The molecule has 4 aromatic rings. The van der Waals surface area contributed by atoms with Crippen LogP contribution in [0.1, 0.15) is 15.2 Å². The minimum atomic E-state index is -0.462. The zero-order valence-corrected chi connectivity index (χ0v) is 18.8. The van der Waals surface area contributed by atoms with Crippen LogP contribution < -0.4 is 10.9 Å². The lowest BCUT2D eigenvalue weighted by Crippen LogP contribution is -2.27. The largest absolute Gasteiger partial charge is 0.465 e. The predicted octanol–water partition coefficient (Wildman–Crippen LogP) is 4.51. The number of benzene rings is 2. The highest BCUT2D eigenvalue weighted by Crippen LogP contribution is 2.35. The van der Waals surface area contributed by atoms with Crippen LogP contribution >= 0.6 is 22.9 Å². The van der Waals surface area contributed by atoms with Crippen LogP contribution in [-0.2, 0) is 16.1 Å². The molecule has 9 heteroatoms. The number of nitrogens with one attached hydrogen (secondary N) is 1. The Bertz CT molecular complexity index is 1380.